The first kappa shape index (κ1) is 18.7. The van der Waals surface area contributed by atoms with Gasteiger partial charge in [-0.05, 0) is 37.0 Å². The number of rotatable bonds is 9. The number of nitrogens with zero attached hydrogens (tertiary/aromatic N) is 2. The van der Waals surface area contributed by atoms with E-state index in [1.165, 1.54) is 0 Å². The summed E-state index contributed by atoms with van der Waals surface area (Å²) in [6, 6.07) is 9.76. The lowest BCUT2D eigenvalue weighted by molar-refractivity contribution is -0.149. The van der Waals surface area contributed by atoms with Gasteiger partial charge in [-0.25, -0.2) is 4.68 Å². The van der Waals surface area contributed by atoms with Crippen molar-refractivity contribution in [3.05, 3.63) is 48.3 Å². The highest BCUT2D eigenvalue weighted by Gasteiger charge is 2.34. The van der Waals surface area contributed by atoms with Crippen LogP contribution in [0.15, 0.2) is 42.7 Å². The van der Waals surface area contributed by atoms with Crippen LogP contribution in [0.5, 0.6) is 0 Å². The fraction of sp³-hybridized carbons (Fsp3) is 0.421. The fourth-order valence-corrected chi connectivity index (χ4v) is 2.70. The maximum atomic E-state index is 12.1. The molecule has 1 aromatic heterocycles. The molecule has 0 saturated heterocycles. The van der Waals surface area contributed by atoms with E-state index >= 15 is 0 Å². The van der Waals surface area contributed by atoms with Gasteiger partial charge in [-0.3, -0.25) is 9.59 Å². The van der Waals surface area contributed by atoms with Gasteiger partial charge in [0.05, 0.1) is 17.3 Å². The lowest BCUT2D eigenvalue weighted by atomic mass is 9.82. The maximum Gasteiger partial charge on any atom is 0.311 e. The molecule has 0 aliphatic rings. The minimum absolute atomic E-state index is 0.139. The molecule has 0 unspecified atom stereocenters. The highest BCUT2D eigenvalue weighted by Crippen LogP contribution is 2.25. The average Bonchev–Trinajstić information content (AvgIpc) is 3.11. The molecule has 0 atom stereocenters. The van der Waals surface area contributed by atoms with Crippen LogP contribution in [-0.4, -0.2) is 33.3 Å². The van der Waals surface area contributed by atoms with Gasteiger partial charge in [0.25, 0.3) is 0 Å². The molecule has 0 spiro atoms. The highest BCUT2D eigenvalue weighted by molar-refractivity contribution is 5.79. The summed E-state index contributed by atoms with van der Waals surface area (Å²) < 4.78 is 1.77. The zero-order chi connectivity index (χ0) is 18.3. The summed E-state index contributed by atoms with van der Waals surface area (Å²) >= 11 is 0. The second-order valence-electron chi connectivity index (χ2n) is 6.20. The number of amides is 1. The van der Waals surface area contributed by atoms with Crippen molar-refractivity contribution in [1.82, 2.24) is 15.1 Å². The number of carbonyl (C=O) groups is 2. The molecule has 0 aliphatic carbocycles. The Labute approximate surface area is 147 Å². The third kappa shape index (κ3) is 4.68. The van der Waals surface area contributed by atoms with Crippen LogP contribution in [-0.2, 0) is 16.0 Å². The summed E-state index contributed by atoms with van der Waals surface area (Å²) in [5, 5.41) is 16.5. The number of carbonyl (C=O) groups excluding carboxylic acids is 1. The predicted molar refractivity (Wildman–Crippen MR) is 95.5 cm³/mol. The monoisotopic (exact) mass is 343 g/mol. The van der Waals surface area contributed by atoms with E-state index in [9.17, 15) is 14.7 Å². The molecule has 1 heterocycles. The minimum atomic E-state index is -0.881. The van der Waals surface area contributed by atoms with Crippen LogP contribution < -0.4 is 5.32 Å². The van der Waals surface area contributed by atoms with Gasteiger partial charge in [0.15, 0.2) is 0 Å². The Balaban J connectivity index is 1.86. The normalized spacial score (nSPS) is 11.3. The van der Waals surface area contributed by atoms with Crippen molar-refractivity contribution in [2.75, 3.05) is 6.54 Å². The van der Waals surface area contributed by atoms with Gasteiger partial charge in [0.1, 0.15) is 0 Å². The molecule has 2 aromatic rings. The number of aromatic nitrogens is 2. The van der Waals surface area contributed by atoms with Gasteiger partial charge in [0, 0.05) is 19.2 Å². The van der Waals surface area contributed by atoms with E-state index in [1.54, 1.807) is 10.9 Å². The Morgan fingerprint density at radius 3 is 2.48 bits per heavy atom. The molecule has 1 aromatic carbocycles. The Hall–Kier alpha value is -2.63. The summed E-state index contributed by atoms with van der Waals surface area (Å²) in [5.74, 6) is -0.998. The third-order valence-corrected chi connectivity index (χ3v) is 4.73. The number of hydrogen-bond donors (Lipinski definition) is 2. The first-order valence-corrected chi connectivity index (χ1v) is 8.60. The van der Waals surface area contributed by atoms with Gasteiger partial charge in [-0.1, -0.05) is 32.0 Å². The molecular formula is C19H25N3O3. The van der Waals surface area contributed by atoms with Crippen LogP contribution >= 0.6 is 0 Å². The quantitative estimate of drug-likeness (QED) is 0.733. The SMILES string of the molecule is CCC(CC)(CNC(=O)CCc1cnn(-c2ccccc2)c1)C(=O)O. The van der Waals surface area contributed by atoms with Crippen LogP contribution in [0.25, 0.3) is 5.69 Å². The number of nitrogens with one attached hydrogen (secondary N) is 1. The molecular weight excluding hydrogens is 318 g/mol. The van der Waals surface area contributed by atoms with E-state index in [0.29, 0.717) is 25.7 Å². The van der Waals surface area contributed by atoms with Crippen molar-refractivity contribution in [3.63, 3.8) is 0 Å². The van der Waals surface area contributed by atoms with E-state index in [4.69, 9.17) is 0 Å². The van der Waals surface area contributed by atoms with Gasteiger partial charge < -0.3 is 10.4 Å². The topological polar surface area (TPSA) is 84.2 Å². The molecule has 0 aliphatic heterocycles. The highest BCUT2D eigenvalue weighted by atomic mass is 16.4. The van der Waals surface area contributed by atoms with Crippen LogP contribution in [0, 0.1) is 5.41 Å². The number of benzene rings is 1. The van der Waals surface area contributed by atoms with E-state index in [-0.39, 0.29) is 12.5 Å². The van der Waals surface area contributed by atoms with Crippen LogP contribution in [0.4, 0.5) is 0 Å². The van der Waals surface area contributed by atoms with E-state index in [1.807, 2.05) is 50.4 Å². The molecule has 6 nitrogen and oxygen atoms in total. The standard InChI is InChI=1S/C19H25N3O3/c1-3-19(4-2,18(24)25)14-20-17(23)11-10-15-12-21-22(13-15)16-8-6-5-7-9-16/h5-9,12-13H,3-4,10-11,14H2,1-2H3,(H,20,23)(H,24,25). The molecule has 2 rings (SSSR count). The second kappa shape index (κ2) is 8.46. The molecule has 134 valence electrons. The Kier molecular flexibility index (Phi) is 6.33. The molecule has 6 heteroatoms. The third-order valence-electron chi connectivity index (χ3n) is 4.73. The van der Waals surface area contributed by atoms with Crippen molar-refractivity contribution >= 4 is 11.9 Å². The Bertz CT molecular complexity index is 706. The van der Waals surface area contributed by atoms with E-state index in [2.05, 4.69) is 10.4 Å². The summed E-state index contributed by atoms with van der Waals surface area (Å²) in [6.45, 7) is 3.83. The Morgan fingerprint density at radius 1 is 1.20 bits per heavy atom. The van der Waals surface area contributed by atoms with Crippen molar-refractivity contribution in [3.8, 4) is 5.69 Å². The van der Waals surface area contributed by atoms with Crippen LogP contribution in [0.1, 0.15) is 38.7 Å². The van der Waals surface area contributed by atoms with E-state index in [0.717, 1.165) is 11.3 Å². The number of hydrogen-bond acceptors (Lipinski definition) is 3. The average molecular weight is 343 g/mol. The lowest BCUT2D eigenvalue weighted by Gasteiger charge is -2.26. The molecule has 0 bridgehead atoms. The smallest absolute Gasteiger partial charge is 0.311 e. The van der Waals surface area contributed by atoms with Gasteiger partial charge in [0.2, 0.25) is 5.91 Å². The number of carboxylic acid groups (broad SMARTS) is 1. The van der Waals surface area contributed by atoms with Crippen LogP contribution in [0.3, 0.4) is 0 Å². The summed E-state index contributed by atoms with van der Waals surface area (Å²) in [6.07, 6.45) is 5.51. The van der Waals surface area contributed by atoms with Gasteiger partial charge in [-0.15, -0.1) is 0 Å². The maximum absolute atomic E-state index is 12.1. The number of aliphatic carboxylic acids is 1. The summed E-state index contributed by atoms with van der Waals surface area (Å²) in [5.41, 5.74) is 1.05. The van der Waals surface area contributed by atoms with Crippen molar-refractivity contribution in [2.45, 2.75) is 39.5 Å². The molecule has 1 amide bonds. The fourth-order valence-electron chi connectivity index (χ4n) is 2.70. The van der Waals surface area contributed by atoms with Crippen molar-refractivity contribution in [1.29, 1.82) is 0 Å². The van der Waals surface area contributed by atoms with Gasteiger partial charge in [-0.2, -0.15) is 5.10 Å². The molecule has 0 saturated carbocycles. The van der Waals surface area contributed by atoms with Crippen molar-refractivity contribution in [2.24, 2.45) is 5.41 Å². The minimum Gasteiger partial charge on any atom is -0.481 e. The molecule has 25 heavy (non-hydrogen) atoms. The molecule has 0 radical (unpaired) electrons. The zero-order valence-electron chi connectivity index (χ0n) is 14.7. The van der Waals surface area contributed by atoms with E-state index < -0.39 is 11.4 Å². The summed E-state index contributed by atoms with van der Waals surface area (Å²) in [4.78, 5) is 23.5. The van der Waals surface area contributed by atoms with Crippen molar-refractivity contribution < 1.29 is 14.7 Å². The lowest BCUT2D eigenvalue weighted by Crippen LogP contribution is -2.42. The summed E-state index contributed by atoms with van der Waals surface area (Å²) in [7, 11) is 0. The molecule has 0 fully saturated rings. The number of carboxylic acids is 1. The van der Waals surface area contributed by atoms with Crippen LogP contribution in [0.2, 0.25) is 0 Å². The first-order chi connectivity index (χ1) is 12.0. The number of aryl methyl sites for hydroxylation is 1. The largest absolute Gasteiger partial charge is 0.481 e. The Morgan fingerprint density at radius 2 is 1.88 bits per heavy atom. The zero-order valence-corrected chi connectivity index (χ0v) is 14.7. The number of para-hydroxylation sites is 1. The van der Waals surface area contributed by atoms with Gasteiger partial charge >= 0.3 is 5.97 Å². The predicted octanol–water partition coefficient (Wildman–Crippen LogP) is 2.81. The first-order valence-electron chi connectivity index (χ1n) is 8.60. The second-order valence-corrected chi connectivity index (χ2v) is 6.20. The molecule has 2 N–H and O–H groups in total.